The molecule has 27 heavy (non-hydrogen) atoms. The number of carbonyl (C=O) groups excluding carboxylic acids is 2. The quantitative estimate of drug-likeness (QED) is 0.810. The Morgan fingerprint density at radius 2 is 1.96 bits per heavy atom. The summed E-state index contributed by atoms with van der Waals surface area (Å²) >= 11 is 0. The van der Waals surface area contributed by atoms with E-state index < -0.39 is 0 Å². The van der Waals surface area contributed by atoms with Gasteiger partial charge in [-0.05, 0) is 32.0 Å². The van der Waals surface area contributed by atoms with Crippen LogP contribution in [0.4, 0.5) is 10.6 Å². The topological polar surface area (TPSA) is 99.0 Å². The second kappa shape index (κ2) is 5.88. The van der Waals surface area contributed by atoms with E-state index in [0.29, 0.717) is 12.3 Å². The fourth-order valence-corrected chi connectivity index (χ4v) is 3.67. The van der Waals surface area contributed by atoms with Gasteiger partial charge in [0.1, 0.15) is 5.82 Å². The van der Waals surface area contributed by atoms with Gasteiger partial charge in [0.2, 0.25) is 5.91 Å². The van der Waals surface area contributed by atoms with Crippen molar-refractivity contribution in [3.05, 3.63) is 18.0 Å². The van der Waals surface area contributed by atoms with Crippen molar-refractivity contribution in [2.45, 2.75) is 37.4 Å². The molecular formula is C17H22N8O2. The zero-order valence-corrected chi connectivity index (χ0v) is 15.4. The van der Waals surface area contributed by atoms with Gasteiger partial charge in [-0.15, -0.1) is 15.3 Å². The van der Waals surface area contributed by atoms with Crippen molar-refractivity contribution in [3.8, 4) is 0 Å². The van der Waals surface area contributed by atoms with Gasteiger partial charge in [-0.2, -0.15) is 4.52 Å². The van der Waals surface area contributed by atoms with E-state index in [1.807, 2.05) is 23.7 Å². The van der Waals surface area contributed by atoms with Crippen molar-refractivity contribution >= 4 is 23.4 Å². The van der Waals surface area contributed by atoms with Crippen LogP contribution in [0.3, 0.4) is 0 Å². The number of hydrogen-bond acceptors (Lipinski definition) is 7. The number of aromatic nitrogens is 4. The Kier molecular flexibility index (Phi) is 3.58. The van der Waals surface area contributed by atoms with Crippen LogP contribution in [0.1, 0.15) is 31.0 Å². The van der Waals surface area contributed by atoms with E-state index in [1.165, 1.54) is 7.05 Å². The summed E-state index contributed by atoms with van der Waals surface area (Å²) in [6.07, 6.45) is 2.35. The summed E-state index contributed by atoms with van der Waals surface area (Å²) in [4.78, 5) is 29.2. The second-order valence-electron chi connectivity index (χ2n) is 7.64. The fourth-order valence-electron chi connectivity index (χ4n) is 3.67. The third kappa shape index (κ3) is 2.71. The van der Waals surface area contributed by atoms with Gasteiger partial charge in [-0.3, -0.25) is 14.6 Å². The average Bonchev–Trinajstić information content (AvgIpc) is 3.37. The van der Waals surface area contributed by atoms with E-state index in [0.717, 1.165) is 48.1 Å². The largest absolute Gasteiger partial charge is 0.352 e. The molecule has 2 aromatic heterocycles. The van der Waals surface area contributed by atoms with Crippen LogP contribution in [0.15, 0.2) is 12.1 Å². The first-order chi connectivity index (χ1) is 13.0. The van der Waals surface area contributed by atoms with Crippen molar-refractivity contribution in [2.24, 2.45) is 0 Å². The number of hydrogen-bond donors (Lipinski definition) is 1. The summed E-state index contributed by atoms with van der Waals surface area (Å²) in [5.41, 5.74) is 0.780. The van der Waals surface area contributed by atoms with E-state index in [-0.39, 0.29) is 24.1 Å². The van der Waals surface area contributed by atoms with Gasteiger partial charge < -0.3 is 10.2 Å². The van der Waals surface area contributed by atoms with Crippen LogP contribution in [0.2, 0.25) is 0 Å². The molecule has 1 N–H and O–H groups in total. The Morgan fingerprint density at radius 1 is 1.19 bits per heavy atom. The van der Waals surface area contributed by atoms with Gasteiger partial charge in [0.05, 0.1) is 12.6 Å². The van der Waals surface area contributed by atoms with Gasteiger partial charge in [0.15, 0.2) is 11.5 Å². The van der Waals surface area contributed by atoms with E-state index in [2.05, 4.69) is 25.3 Å². The van der Waals surface area contributed by atoms with Crippen LogP contribution in [0.5, 0.6) is 0 Å². The van der Waals surface area contributed by atoms with Crippen LogP contribution in [0.25, 0.3) is 5.65 Å². The molecule has 10 heteroatoms. The van der Waals surface area contributed by atoms with Crippen molar-refractivity contribution in [1.29, 1.82) is 0 Å². The molecule has 2 saturated heterocycles. The predicted octanol–water partition coefficient (Wildman–Crippen LogP) is 0.0199. The summed E-state index contributed by atoms with van der Waals surface area (Å²) in [5, 5.41) is 16.1. The van der Waals surface area contributed by atoms with E-state index >= 15 is 0 Å². The maximum Gasteiger partial charge on any atom is 0.325 e. The number of likely N-dealkylation sites (N-methyl/N-ethyl adjacent to an activating group) is 1. The molecule has 3 fully saturated rings. The number of carbonyl (C=O) groups is 2. The predicted molar refractivity (Wildman–Crippen MR) is 96.2 cm³/mol. The third-order valence-electron chi connectivity index (χ3n) is 5.81. The number of amides is 3. The Labute approximate surface area is 156 Å². The van der Waals surface area contributed by atoms with Gasteiger partial charge in [0, 0.05) is 32.1 Å². The van der Waals surface area contributed by atoms with Crippen molar-refractivity contribution in [2.75, 3.05) is 32.1 Å². The monoisotopic (exact) mass is 370 g/mol. The second-order valence-corrected chi connectivity index (χ2v) is 7.64. The Balaban J connectivity index is 1.26. The standard InChI is InChI=1S/C17H22N8O2/c1-22(14-7-15(26)23(2)17(27)18-14)11-8-24(9-11)13-6-5-12-19-20-16(10-3-4-10)25(12)21-13/h5-6,10-11,14H,3-4,7-9H2,1-2H3,(H,18,27). The molecule has 2 aromatic rings. The molecule has 1 atom stereocenters. The third-order valence-corrected chi connectivity index (χ3v) is 5.81. The molecule has 3 aliphatic rings. The van der Waals surface area contributed by atoms with E-state index in [4.69, 9.17) is 5.10 Å². The maximum absolute atomic E-state index is 11.9. The first kappa shape index (κ1) is 16.4. The summed E-state index contributed by atoms with van der Waals surface area (Å²) in [6, 6.07) is 3.84. The molecule has 2 aliphatic heterocycles. The van der Waals surface area contributed by atoms with E-state index in [9.17, 15) is 9.59 Å². The SMILES string of the molecule is CN1C(=O)CC(N(C)C2CN(c3ccc4nnc(C5CC5)n4n3)C2)NC1=O. The number of anilines is 1. The summed E-state index contributed by atoms with van der Waals surface area (Å²) in [6.45, 7) is 1.60. The highest BCUT2D eigenvalue weighted by Crippen LogP contribution is 2.38. The van der Waals surface area contributed by atoms with E-state index in [1.54, 1.807) is 0 Å². The van der Waals surface area contributed by atoms with Crippen LogP contribution in [0, 0.1) is 0 Å². The molecule has 1 unspecified atom stereocenters. The van der Waals surface area contributed by atoms with Gasteiger partial charge >= 0.3 is 6.03 Å². The number of imide groups is 1. The molecule has 1 saturated carbocycles. The van der Waals surface area contributed by atoms with Gasteiger partial charge in [-0.25, -0.2) is 4.79 Å². The Morgan fingerprint density at radius 3 is 2.67 bits per heavy atom. The normalized spacial score (nSPS) is 23.9. The van der Waals surface area contributed by atoms with Crippen molar-refractivity contribution < 1.29 is 9.59 Å². The van der Waals surface area contributed by atoms with Gasteiger partial charge in [-0.1, -0.05) is 0 Å². The molecule has 0 radical (unpaired) electrons. The number of nitrogens with zero attached hydrogens (tertiary/aromatic N) is 7. The first-order valence-corrected chi connectivity index (χ1v) is 9.27. The van der Waals surface area contributed by atoms with Crippen LogP contribution in [-0.4, -0.2) is 80.9 Å². The first-order valence-electron chi connectivity index (χ1n) is 9.27. The number of fused-ring (bicyclic) bond motifs is 1. The highest BCUT2D eigenvalue weighted by Gasteiger charge is 2.39. The fraction of sp³-hybridized carbons (Fsp3) is 0.588. The molecule has 1 aliphatic carbocycles. The van der Waals surface area contributed by atoms with Crippen LogP contribution < -0.4 is 10.2 Å². The minimum atomic E-state index is -0.341. The summed E-state index contributed by atoms with van der Waals surface area (Å²) < 4.78 is 1.86. The lowest BCUT2D eigenvalue weighted by Gasteiger charge is -2.48. The molecule has 0 bridgehead atoms. The Hall–Kier alpha value is -2.75. The number of nitrogens with one attached hydrogen (secondary N) is 1. The highest BCUT2D eigenvalue weighted by atomic mass is 16.2. The smallest absolute Gasteiger partial charge is 0.325 e. The Bertz CT molecular complexity index is 899. The molecule has 10 nitrogen and oxygen atoms in total. The minimum Gasteiger partial charge on any atom is -0.352 e. The summed E-state index contributed by atoms with van der Waals surface area (Å²) in [7, 11) is 3.45. The molecular weight excluding hydrogens is 348 g/mol. The molecule has 4 heterocycles. The van der Waals surface area contributed by atoms with Crippen molar-refractivity contribution in [3.63, 3.8) is 0 Å². The maximum atomic E-state index is 11.9. The lowest BCUT2D eigenvalue weighted by atomic mass is 10.1. The average molecular weight is 370 g/mol. The minimum absolute atomic E-state index is 0.154. The molecule has 142 valence electrons. The van der Waals surface area contributed by atoms with Gasteiger partial charge in [0.25, 0.3) is 0 Å². The molecule has 5 rings (SSSR count). The lowest BCUT2D eigenvalue weighted by Crippen LogP contribution is -2.66. The van der Waals surface area contributed by atoms with Crippen LogP contribution in [-0.2, 0) is 4.79 Å². The lowest BCUT2D eigenvalue weighted by molar-refractivity contribution is -0.130. The molecule has 0 aromatic carbocycles. The zero-order chi connectivity index (χ0) is 18.7. The molecule has 0 spiro atoms. The van der Waals surface area contributed by atoms with Crippen LogP contribution >= 0.6 is 0 Å². The summed E-state index contributed by atoms with van der Waals surface area (Å²) in [5.74, 6) is 2.19. The van der Waals surface area contributed by atoms with Crippen molar-refractivity contribution in [1.82, 2.24) is 34.9 Å². The molecule has 3 amide bonds. The number of rotatable bonds is 4. The number of urea groups is 1. The zero-order valence-electron chi connectivity index (χ0n) is 15.4. The highest BCUT2D eigenvalue weighted by molar-refractivity contribution is 5.96.